The lowest BCUT2D eigenvalue weighted by atomic mass is 9.83. The molecule has 1 aromatic rings. The minimum atomic E-state index is -0.349. The third-order valence-electron chi connectivity index (χ3n) is 4.59. The average molecular weight is 382 g/mol. The number of benzene rings is 1. The zero-order chi connectivity index (χ0) is 16.4. The Morgan fingerprint density at radius 2 is 1.91 bits per heavy atom. The highest BCUT2D eigenvalue weighted by Gasteiger charge is 2.36. The molecule has 0 spiro atoms. The molecular weight excluding hydrogens is 358 g/mol. The first kappa shape index (κ1) is 16.7. The van der Waals surface area contributed by atoms with Crippen LogP contribution < -0.4 is 9.47 Å². The summed E-state index contributed by atoms with van der Waals surface area (Å²) in [5.41, 5.74) is 2.05. The summed E-state index contributed by atoms with van der Waals surface area (Å²) in [5, 5.41) is 10.5. The topological polar surface area (TPSA) is 41.9 Å². The Morgan fingerprint density at radius 3 is 2.52 bits per heavy atom. The Labute approximate surface area is 146 Å². The van der Waals surface area contributed by atoms with Crippen molar-refractivity contribution in [3.63, 3.8) is 0 Å². The molecule has 3 saturated heterocycles. The highest BCUT2D eigenvalue weighted by atomic mass is 79.9. The molecule has 1 N–H and O–H groups in total. The van der Waals surface area contributed by atoms with Crippen LogP contribution >= 0.6 is 15.9 Å². The van der Waals surface area contributed by atoms with Crippen molar-refractivity contribution in [1.82, 2.24) is 4.90 Å². The fourth-order valence-corrected chi connectivity index (χ4v) is 4.04. The Hall–Kier alpha value is -1.20. The van der Waals surface area contributed by atoms with Crippen molar-refractivity contribution in [2.45, 2.75) is 32.8 Å². The molecule has 0 aromatic heterocycles. The van der Waals surface area contributed by atoms with Crippen molar-refractivity contribution in [3.8, 4) is 11.5 Å². The maximum absolute atomic E-state index is 10.5. The molecule has 4 rings (SSSR count). The van der Waals surface area contributed by atoms with Gasteiger partial charge in [0.2, 0.25) is 0 Å². The minimum Gasteiger partial charge on any atom is -0.490 e. The summed E-state index contributed by atoms with van der Waals surface area (Å²) in [4.78, 5) is 2.30. The van der Waals surface area contributed by atoms with E-state index >= 15 is 0 Å². The van der Waals surface area contributed by atoms with Crippen LogP contribution in [0.3, 0.4) is 0 Å². The fraction of sp³-hybridized carbons (Fsp3) is 0.556. The number of hydrogen-bond donors (Lipinski definition) is 1. The van der Waals surface area contributed by atoms with E-state index in [-0.39, 0.29) is 6.10 Å². The van der Waals surface area contributed by atoms with E-state index in [0.717, 1.165) is 53.2 Å². The summed E-state index contributed by atoms with van der Waals surface area (Å²) in [6.07, 6.45) is 3.92. The molecule has 23 heavy (non-hydrogen) atoms. The predicted octanol–water partition coefficient (Wildman–Crippen LogP) is 3.67. The second-order valence-corrected chi connectivity index (χ2v) is 6.89. The lowest BCUT2D eigenvalue weighted by Crippen LogP contribution is -2.48. The van der Waals surface area contributed by atoms with Crippen LogP contribution in [-0.2, 0) is 0 Å². The molecule has 2 bridgehead atoms. The van der Waals surface area contributed by atoms with Crippen LogP contribution in [0.5, 0.6) is 11.5 Å². The molecule has 1 unspecified atom stereocenters. The van der Waals surface area contributed by atoms with Gasteiger partial charge < -0.3 is 19.5 Å². The fourth-order valence-electron chi connectivity index (χ4n) is 3.47. The lowest BCUT2D eigenvalue weighted by Gasteiger charge is -2.46. The van der Waals surface area contributed by atoms with Gasteiger partial charge in [-0.15, -0.1) is 0 Å². The van der Waals surface area contributed by atoms with Gasteiger partial charge in [0.25, 0.3) is 0 Å². The minimum absolute atomic E-state index is 0.349. The first-order chi connectivity index (χ1) is 11.1. The Kier molecular flexibility index (Phi) is 5.17. The quantitative estimate of drug-likeness (QED) is 0.844. The smallest absolute Gasteiger partial charge is 0.175 e. The summed E-state index contributed by atoms with van der Waals surface area (Å²) in [6, 6.07) is 4.01. The number of halogens is 1. The number of aliphatic hydroxyl groups is 1. The summed E-state index contributed by atoms with van der Waals surface area (Å²) >= 11 is 3.58. The van der Waals surface area contributed by atoms with E-state index < -0.39 is 0 Å². The van der Waals surface area contributed by atoms with E-state index in [1.54, 1.807) is 0 Å². The van der Waals surface area contributed by atoms with E-state index in [2.05, 4.69) is 26.9 Å². The molecule has 0 radical (unpaired) electrons. The largest absolute Gasteiger partial charge is 0.490 e. The third-order valence-corrected chi connectivity index (χ3v) is 5.18. The number of fused-ring (bicyclic) bond motifs is 3. The van der Waals surface area contributed by atoms with Gasteiger partial charge in [0.05, 0.1) is 23.8 Å². The first-order valence-corrected chi connectivity index (χ1v) is 9.17. The summed E-state index contributed by atoms with van der Waals surface area (Å²) in [7, 11) is 0. The molecule has 4 nitrogen and oxygen atoms in total. The van der Waals surface area contributed by atoms with E-state index in [0.29, 0.717) is 19.1 Å². The molecule has 5 heteroatoms. The van der Waals surface area contributed by atoms with Gasteiger partial charge in [-0.1, -0.05) is 0 Å². The molecule has 126 valence electrons. The second kappa shape index (κ2) is 7.14. The number of hydrogen-bond acceptors (Lipinski definition) is 4. The van der Waals surface area contributed by atoms with Gasteiger partial charge in [0.15, 0.2) is 11.5 Å². The highest BCUT2D eigenvalue weighted by molar-refractivity contribution is 9.10. The molecule has 3 aliphatic rings. The van der Waals surface area contributed by atoms with Crippen molar-refractivity contribution in [1.29, 1.82) is 0 Å². The molecule has 1 aromatic carbocycles. The molecule has 3 aliphatic heterocycles. The molecule has 0 amide bonds. The van der Waals surface area contributed by atoms with Gasteiger partial charge in [-0.2, -0.15) is 0 Å². The van der Waals surface area contributed by atoms with Gasteiger partial charge in [-0.05, 0) is 72.3 Å². The second-order valence-electron chi connectivity index (χ2n) is 6.03. The van der Waals surface area contributed by atoms with Gasteiger partial charge in [0.1, 0.15) is 0 Å². The number of ether oxygens (including phenoxy) is 2. The normalized spacial score (nSPS) is 25.0. The SMILES string of the molecule is CCOc1cc(C=C2C(O)C3CCN2CC3)cc(Br)c1OCC. The van der Waals surface area contributed by atoms with Crippen LogP contribution in [0.1, 0.15) is 32.3 Å². The standard InChI is InChI=1S/C18H24BrNO3/c1-3-22-16-11-12(9-14(19)18(16)23-4-2)10-15-17(21)13-5-7-20(15)8-6-13/h9-11,13,17,21H,3-8H2,1-2H3. The van der Waals surface area contributed by atoms with Crippen LogP contribution in [0.4, 0.5) is 0 Å². The number of nitrogens with zero attached hydrogens (tertiary/aromatic N) is 1. The number of rotatable bonds is 5. The van der Waals surface area contributed by atoms with E-state index in [1.165, 1.54) is 0 Å². The molecule has 3 heterocycles. The highest BCUT2D eigenvalue weighted by Crippen LogP contribution is 2.39. The summed E-state index contributed by atoms with van der Waals surface area (Å²) in [6.45, 7) is 7.19. The maximum atomic E-state index is 10.5. The summed E-state index contributed by atoms with van der Waals surface area (Å²) < 4.78 is 12.3. The summed E-state index contributed by atoms with van der Waals surface area (Å²) in [5.74, 6) is 1.88. The lowest BCUT2D eigenvalue weighted by molar-refractivity contribution is 0.0215. The average Bonchev–Trinajstić information content (AvgIpc) is 2.55. The zero-order valence-electron chi connectivity index (χ0n) is 13.7. The Bertz CT molecular complexity index is 590. The van der Waals surface area contributed by atoms with Crippen LogP contribution in [0.25, 0.3) is 6.08 Å². The van der Waals surface area contributed by atoms with Crippen molar-refractivity contribution in [2.75, 3.05) is 26.3 Å². The number of aliphatic hydroxyl groups excluding tert-OH is 1. The molecule has 0 aliphatic carbocycles. The van der Waals surface area contributed by atoms with E-state index in [1.807, 2.05) is 26.0 Å². The molecular formula is C18H24BrNO3. The van der Waals surface area contributed by atoms with Gasteiger partial charge >= 0.3 is 0 Å². The first-order valence-electron chi connectivity index (χ1n) is 8.37. The Balaban J connectivity index is 1.95. The molecule has 1 atom stereocenters. The Morgan fingerprint density at radius 1 is 1.22 bits per heavy atom. The van der Waals surface area contributed by atoms with Crippen LogP contribution in [0, 0.1) is 5.92 Å². The maximum Gasteiger partial charge on any atom is 0.175 e. The zero-order valence-corrected chi connectivity index (χ0v) is 15.3. The molecule has 3 fully saturated rings. The van der Waals surface area contributed by atoms with Crippen LogP contribution in [-0.4, -0.2) is 42.4 Å². The monoisotopic (exact) mass is 381 g/mol. The molecule has 0 saturated carbocycles. The van der Waals surface area contributed by atoms with Gasteiger partial charge in [0, 0.05) is 18.8 Å². The van der Waals surface area contributed by atoms with Crippen molar-refractivity contribution in [2.24, 2.45) is 5.92 Å². The predicted molar refractivity (Wildman–Crippen MR) is 94.8 cm³/mol. The van der Waals surface area contributed by atoms with Gasteiger partial charge in [-0.25, -0.2) is 0 Å². The van der Waals surface area contributed by atoms with E-state index in [4.69, 9.17) is 9.47 Å². The van der Waals surface area contributed by atoms with Crippen LogP contribution in [0.15, 0.2) is 22.3 Å². The van der Waals surface area contributed by atoms with Crippen molar-refractivity contribution < 1.29 is 14.6 Å². The van der Waals surface area contributed by atoms with Crippen molar-refractivity contribution in [3.05, 3.63) is 27.9 Å². The third kappa shape index (κ3) is 3.36. The number of piperidine rings is 3. The van der Waals surface area contributed by atoms with Gasteiger partial charge in [-0.3, -0.25) is 0 Å². The van der Waals surface area contributed by atoms with Crippen LogP contribution in [0.2, 0.25) is 0 Å². The van der Waals surface area contributed by atoms with Crippen molar-refractivity contribution >= 4 is 22.0 Å². The van der Waals surface area contributed by atoms with E-state index in [9.17, 15) is 5.11 Å².